The number of fused-ring (bicyclic) bond motifs is 1. The van der Waals surface area contributed by atoms with Gasteiger partial charge in [0.1, 0.15) is 21.6 Å². The molecule has 0 saturated heterocycles. The summed E-state index contributed by atoms with van der Waals surface area (Å²) in [6.45, 7) is 0. The summed E-state index contributed by atoms with van der Waals surface area (Å²) in [4.78, 5) is 35.7. The van der Waals surface area contributed by atoms with Gasteiger partial charge in [-0.3, -0.25) is 19.7 Å². The molecule has 1 heterocycles. The van der Waals surface area contributed by atoms with Crippen LogP contribution in [0.5, 0.6) is 0 Å². The van der Waals surface area contributed by atoms with Crippen molar-refractivity contribution in [1.82, 2.24) is 9.27 Å². The normalized spacial score (nSPS) is 11.0. The summed E-state index contributed by atoms with van der Waals surface area (Å²) in [5, 5.41) is 14.1. The van der Waals surface area contributed by atoms with E-state index in [1.54, 1.807) is 29.2 Å². The number of halogens is 1. The number of hydrogen-bond donors (Lipinski definition) is 1. The van der Waals surface area contributed by atoms with E-state index in [2.05, 4.69) is 5.32 Å². The molecule has 130 valence electrons. The van der Waals surface area contributed by atoms with Crippen molar-refractivity contribution in [2.45, 2.75) is 0 Å². The highest BCUT2D eigenvalue weighted by Crippen LogP contribution is 2.39. The number of amides is 1. The van der Waals surface area contributed by atoms with Gasteiger partial charge in [-0.1, -0.05) is 12.1 Å². The molecular formula is C16H14ClN3O4S. The minimum Gasteiger partial charge on any atom is -1.00 e. The SMILES string of the molecule is CNC(=O)c1cc([N+](=O)[O-])ccc1-[s+]1c2ccccc2c(=O)n1C.[Cl-]. The van der Waals surface area contributed by atoms with Gasteiger partial charge in [0.25, 0.3) is 11.6 Å². The minimum atomic E-state index is -0.795. The maximum Gasteiger partial charge on any atom is 0.304 e. The van der Waals surface area contributed by atoms with Crippen LogP contribution in [0.1, 0.15) is 10.4 Å². The number of rotatable bonds is 3. The lowest BCUT2D eigenvalue weighted by Crippen LogP contribution is -3.00. The molecule has 3 aromatic rings. The molecule has 1 amide bonds. The number of nitro benzene ring substituents is 1. The Morgan fingerprint density at radius 1 is 1.24 bits per heavy atom. The van der Waals surface area contributed by atoms with Crippen LogP contribution in [0.25, 0.3) is 15.0 Å². The summed E-state index contributed by atoms with van der Waals surface area (Å²) < 4.78 is 2.38. The van der Waals surface area contributed by atoms with Gasteiger partial charge < -0.3 is 17.7 Å². The molecule has 0 radical (unpaired) electrons. The van der Waals surface area contributed by atoms with Gasteiger partial charge in [0.2, 0.25) is 9.60 Å². The molecule has 0 aliphatic carbocycles. The largest absolute Gasteiger partial charge is 1.00 e. The average molecular weight is 380 g/mol. The van der Waals surface area contributed by atoms with Crippen molar-refractivity contribution < 1.29 is 22.1 Å². The number of non-ortho nitro benzene ring substituents is 1. The molecule has 1 N–H and O–H groups in total. The van der Waals surface area contributed by atoms with Crippen molar-refractivity contribution in [3.8, 4) is 4.90 Å². The number of benzene rings is 2. The number of aromatic nitrogens is 1. The maximum absolute atomic E-state index is 12.4. The van der Waals surface area contributed by atoms with Gasteiger partial charge in [-0.2, -0.15) is 0 Å². The fourth-order valence-electron chi connectivity index (χ4n) is 2.59. The van der Waals surface area contributed by atoms with Crippen LogP contribution >= 0.6 is 10.7 Å². The monoisotopic (exact) mass is 379 g/mol. The summed E-state index contributed by atoms with van der Waals surface area (Å²) >= 11 is 0. The minimum absolute atomic E-state index is 0. The van der Waals surface area contributed by atoms with E-state index in [9.17, 15) is 19.7 Å². The fraction of sp³-hybridized carbons (Fsp3) is 0.125. The highest BCUT2D eigenvalue weighted by atomic mass is 35.5. The molecule has 1 unspecified atom stereocenters. The highest BCUT2D eigenvalue weighted by molar-refractivity contribution is 7.41. The summed E-state index contributed by atoms with van der Waals surface area (Å²) in [6, 6.07) is 11.4. The van der Waals surface area contributed by atoms with E-state index in [-0.39, 0.29) is 29.2 Å². The van der Waals surface area contributed by atoms with Gasteiger partial charge in [0.15, 0.2) is 0 Å². The van der Waals surface area contributed by atoms with Crippen molar-refractivity contribution in [1.29, 1.82) is 0 Å². The summed E-state index contributed by atoms with van der Waals surface area (Å²) in [7, 11) is 2.34. The van der Waals surface area contributed by atoms with Crippen molar-refractivity contribution in [2.24, 2.45) is 7.05 Å². The summed E-state index contributed by atoms with van der Waals surface area (Å²) in [5.74, 6) is -0.425. The Bertz CT molecular complexity index is 1040. The Morgan fingerprint density at radius 3 is 2.56 bits per heavy atom. The highest BCUT2D eigenvalue weighted by Gasteiger charge is 2.30. The van der Waals surface area contributed by atoms with Crippen LogP contribution in [0, 0.1) is 10.1 Å². The van der Waals surface area contributed by atoms with Gasteiger partial charge in [0, 0.05) is 31.3 Å². The van der Waals surface area contributed by atoms with E-state index in [1.807, 2.05) is 12.1 Å². The Labute approximate surface area is 151 Å². The zero-order chi connectivity index (χ0) is 17.4. The third-order valence-electron chi connectivity index (χ3n) is 3.74. The predicted molar refractivity (Wildman–Crippen MR) is 93.0 cm³/mol. The predicted octanol–water partition coefficient (Wildman–Crippen LogP) is -0.451. The zero-order valence-corrected chi connectivity index (χ0v) is 14.9. The number of carbonyl (C=O) groups is 1. The standard InChI is InChI=1S/C16H13N3O4S.ClH/c1-17-15(20)12-9-10(19(22)23)7-8-14(12)24-13-6-4-3-5-11(13)16(21)18(24)2;/h3-9H,1-2H3;1H. The van der Waals surface area contributed by atoms with Crippen LogP contribution in [0.15, 0.2) is 47.3 Å². The molecule has 2 aromatic carbocycles. The van der Waals surface area contributed by atoms with Crippen molar-refractivity contribution in [3.05, 3.63) is 68.5 Å². The van der Waals surface area contributed by atoms with Crippen molar-refractivity contribution >= 4 is 32.3 Å². The molecule has 9 heteroatoms. The summed E-state index contributed by atoms with van der Waals surface area (Å²) in [6.07, 6.45) is 0. The van der Waals surface area contributed by atoms with E-state index in [4.69, 9.17) is 0 Å². The third kappa shape index (κ3) is 3.01. The van der Waals surface area contributed by atoms with Crippen LogP contribution in [0.3, 0.4) is 0 Å². The number of carbonyl (C=O) groups excluding carboxylic acids is 1. The van der Waals surface area contributed by atoms with Crippen LogP contribution in [-0.4, -0.2) is 21.8 Å². The Kier molecular flexibility index (Phi) is 5.24. The van der Waals surface area contributed by atoms with Crippen molar-refractivity contribution in [3.63, 3.8) is 0 Å². The van der Waals surface area contributed by atoms with Gasteiger partial charge in [-0.05, 0) is 6.07 Å². The fourth-order valence-corrected chi connectivity index (χ4v) is 4.81. The maximum atomic E-state index is 12.4. The van der Waals surface area contributed by atoms with Crippen LogP contribution in [-0.2, 0) is 7.05 Å². The van der Waals surface area contributed by atoms with Crippen LogP contribution in [0.2, 0.25) is 0 Å². The first-order chi connectivity index (χ1) is 11.5. The van der Waals surface area contributed by atoms with Crippen LogP contribution < -0.4 is 23.3 Å². The third-order valence-corrected chi connectivity index (χ3v) is 6.00. The molecule has 0 spiro atoms. The Hall–Kier alpha value is -2.71. The lowest BCUT2D eigenvalue weighted by Gasteiger charge is -2.03. The topological polar surface area (TPSA) is 94.2 Å². The quantitative estimate of drug-likeness (QED) is 0.379. The smallest absolute Gasteiger partial charge is 0.304 e. The molecule has 1 aromatic heterocycles. The lowest BCUT2D eigenvalue weighted by atomic mass is 10.2. The Morgan fingerprint density at radius 2 is 1.92 bits per heavy atom. The lowest BCUT2D eigenvalue weighted by molar-refractivity contribution is -0.384. The molecule has 0 aliphatic heterocycles. The molecule has 7 nitrogen and oxygen atoms in total. The molecule has 0 fully saturated rings. The molecule has 1 atom stereocenters. The average Bonchev–Trinajstić information content (AvgIpc) is 2.85. The molecule has 0 bridgehead atoms. The van der Waals surface area contributed by atoms with E-state index in [0.717, 1.165) is 4.70 Å². The van der Waals surface area contributed by atoms with Crippen molar-refractivity contribution in [2.75, 3.05) is 7.05 Å². The number of hydrogen-bond acceptors (Lipinski definition) is 4. The second kappa shape index (κ2) is 7.04. The summed E-state index contributed by atoms with van der Waals surface area (Å²) in [5.41, 5.74) is -0.0936. The van der Waals surface area contributed by atoms with Crippen LogP contribution in [0.4, 0.5) is 5.69 Å². The molecule has 0 saturated carbocycles. The zero-order valence-electron chi connectivity index (χ0n) is 13.4. The van der Waals surface area contributed by atoms with Gasteiger partial charge in [-0.25, -0.2) is 0 Å². The molecular weight excluding hydrogens is 366 g/mol. The van der Waals surface area contributed by atoms with E-state index < -0.39 is 21.5 Å². The second-order valence-electron chi connectivity index (χ2n) is 5.10. The first kappa shape index (κ1) is 18.6. The number of nitro groups is 1. The number of nitrogens with zero attached hydrogens (tertiary/aromatic N) is 2. The first-order valence-electron chi connectivity index (χ1n) is 7.07. The molecule has 0 aliphatic rings. The second-order valence-corrected chi connectivity index (χ2v) is 7.10. The molecule has 3 rings (SSSR count). The van der Waals surface area contributed by atoms with E-state index in [1.165, 1.54) is 19.2 Å². The van der Waals surface area contributed by atoms with Gasteiger partial charge >= 0.3 is 5.56 Å². The van der Waals surface area contributed by atoms with Gasteiger partial charge in [0.05, 0.1) is 12.0 Å². The van der Waals surface area contributed by atoms with E-state index in [0.29, 0.717) is 10.3 Å². The van der Waals surface area contributed by atoms with Gasteiger partial charge in [-0.15, -0.1) is 3.96 Å². The van der Waals surface area contributed by atoms with E-state index >= 15 is 0 Å². The number of nitrogens with one attached hydrogen (secondary N) is 1. The Balaban J connectivity index is 0.00000225. The molecule has 25 heavy (non-hydrogen) atoms. The first-order valence-corrected chi connectivity index (χ1v) is 8.26.